The van der Waals surface area contributed by atoms with Crippen LogP contribution in [0.2, 0.25) is 0 Å². The highest BCUT2D eigenvalue weighted by molar-refractivity contribution is 6.00. The molecule has 1 fully saturated rings. The second-order valence-corrected chi connectivity index (χ2v) is 10.8. The molecule has 1 heterocycles. The number of hydrogen-bond acceptors (Lipinski definition) is 2. The van der Waals surface area contributed by atoms with Crippen molar-refractivity contribution in [3.8, 4) is 0 Å². The van der Waals surface area contributed by atoms with Gasteiger partial charge in [-0.3, -0.25) is 9.59 Å². The molecule has 1 atom stereocenters. The van der Waals surface area contributed by atoms with Gasteiger partial charge in [-0.2, -0.15) is 5.43 Å². The lowest BCUT2D eigenvalue weighted by Gasteiger charge is -2.35. The first-order chi connectivity index (χ1) is 17.9. The Morgan fingerprint density at radius 2 is 1.49 bits per heavy atom. The minimum Gasteiger partial charge on any atom is -0.340 e. The molecule has 4 aromatic carbocycles. The first kappa shape index (κ1) is 25.0. The van der Waals surface area contributed by atoms with Gasteiger partial charge in [-0.05, 0) is 46.0 Å². The Labute approximate surface area is 219 Å². The summed E-state index contributed by atoms with van der Waals surface area (Å²) in [5.41, 5.74) is 5.19. The third-order valence-corrected chi connectivity index (χ3v) is 7.46. The van der Waals surface area contributed by atoms with Gasteiger partial charge in [0, 0.05) is 24.0 Å². The molecule has 0 saturated carbocycles. The molecular formula is C32H36N3O2+. The molecule has 2 N–H and O–H groups in total. The van der Waals surface area contributed by atoms with E-state index in [0.717, 1.165) is 43.2 Å². The Balaban J connectivity index is 1.36. The van der Waals surface area contributed by atoms with E-state index in [1.165, 1.54) is 16.3 Å². The number of fused-ring (bicyclic) bond motifs is 2. The molecule has 5 nitrogen and oxygen atoms in total. The topological polar surface area (TPSA) is 58.2 Å². The van der Waals surface area contributed by atoms with Gasteiger partial charge in [0.1, 0.15) is 25.7 Å². The number of nitrogens with zero attached hydrogens (tertiary/aromatic N) is 1. The molecule has 0 aromatic heterocycles. The number of rotatable bonds is 8. The molecular weight excluding hydrogens is 458 g/mol. The van der Waals surface area contributed by atoms with Crippen LogP contribution in [0.3, 0.4) is 0 Å². The number of benzene rings is 4. The Kier molecular flexibility index (Phi) is 7.24. The summed E-state index contributed by atoms with van der Waals surface area (Å²) >= 11 is 0. The fraction of sp³-hybridized carbons (Fsp3) is 0.312. The van der Waals surface area contributed by atoms with Crippen LogP contribution in [-0.2, 0) is 11.3 Å². The van der Waals surface area contributed by atoms with Crippen LogP contribution in [0.5, 0.6) is 0 Å². The van der Waals surface area contributed by atoms with Crippen LogP contribution in [0.25, 0.3) is 21.5 Å². The number of quaternary nitrogens is 1. The number of carbonyl (C=O) groups is 2. The molecule has 1 aliphatic rings. The predicted molar refractivity (Wildman–Crippen MR) is 150 cm³/mol. The summed E-state index contributed by atoms with van der Waals surface area (Å²) in [6, 6.07) is 27.9. The molecule has 5 rings (SSSR count). The van der Waals surface area contributed by atoms with Gasteiger partial charge in [0.05, 0.1) is 0 Å². The van der Waals surface area contributed by atoms with E-state index in [4.69, 9.17) is 0 Å². The standard InChI is InChI=1S/C32H35N3O2/c1-23(2)20-30(33-31(36)27-17-16-24-10-3-4-12-26(24)21-27)32(37)34-35(18-7-8-19-35)22-28-14-9-13-25-11-5-6-15-29(25)28/h3-6,9-17,21,23,30H,7-8,18-20,22H2,1-2H3,(H-,33,34,36,37)/p+1/t30-/m0/s1. The number of carbonyl (C=O) groups excluding carboxylic acids is 2. The maximum absolute atomic E-state index is 13.7. The molecule has 0 radical (unpaired) electrons. The second-order valence-electron chi connectivity index (χ2n) is 10.8. The van der Waals surface area contributed by atoms with Crippen molar-refractivity contribution in [2.24, 2.45) is 5.92 Å². The fourth-order valence-electron chi connectivity index (χ4n) is 5.59. The van der Waals surface area contributed by atoms with Crippen molar-refractivity contribution >= 4 is 33.4 Å². The monoisotopic (exact) mass is 494 g/mol. The van der Waals surface area contributed by atoms with E-state index >= 15 is 0 Å². The summed E-state index contributed by atoms with van der Waals surface area (Å²) in [4.78, 5) is 27.0. The summed E-state index contributed by atoms with van der Waals surface area (Å²) in [6.07, 6.45) is 2.73. The summed E-state index contributed by atoms with van der Waals surface area (Å²) < 4.78 is 0.521. The molecule has 0 bridgehead atoms. The van der Waals surface area contributed by atoms with Crippen molar-refractivity contribution in [1.82, 2.24) is 10.7 Å². The van der Waals surface area contributed by atoms with Crippen LogP contribution in [0.1, 0.15) is 49.0 Å². The minimum atomic E-state index is -0.595. The summed E-state index contributed by atoms with van der Waals surface area (Å²) in [5, 5.41) is 7.59. The Hall–Kier alpha value is -3.70. The largest absolute Gasteiger partial charge is 0.340 e. The zero-order chi connectivity index (χ0) is 25.8. The second kappa shape index (κ2) is 10.7. The molecule has 0 unspecified atom stereocenters. The average molecular weight is 495 g/mol. The molecule has 1 saturated heterocycles. The van der Waals surface area contributed by atoms with E-state index in [9.17, 15) is 9.59 Å². The molecule has 190 valence electrons. The molecule has 0 aliphatic carbocycles. The quantitative estimate of drug-likeness (QED) is 0.296. The zero-order valence-corrected chi connectivity index (χ0v) is 21.7. The van der Waals surface area contributed by atoms with Gasteiger partial charge in [-0.15, -0.1) is 0 Å². The summed E-state index contributed by atoms with van der Waals surface area (Å²) in [6.45, 7) is 6.68. The number of nitrogens with one attached hydrogen (secondary N) is 2. The summed E-state index contributed by atoms with van der Waals surface area (Å²) in [5.74, 6) is -0.0590. The van der Waals surface area contributed by atoms with Gasteiger partial charge in [0.2, 0.25) is 0 Å². The summed E-state index contributed by atoms with van der Waals surface area (Å²) in [7, 11) is 0. The van der Waals surface area contributed by atoms with Crippen molar-refractivity contribution < 1.29 is 14.2 Å². The normalized spacial score (nSPS) is 15.6. The number of likely N-dealkylation sites (tertiary alicyclic amines) is 1. The van der Waals surface area contributed by atoms with Gasteiger partial charge in [-0.25, -0.2) is 4.59 Å². The molecule has 5 heteroatoms. The van der Waals surface area contributed by atoms with Crippen molar-refractivity contribution in [2.75, 3.05) is 13.1 Å². The minimum absolute atomic E-state index is 0.107. The van der Waals surface area contributed by atoms with E-state index in [-0.39, 0.29) is 17.7 Å². The van der Waals surface area contributed by atoms with E-state index in [1.54, 1.807) is 0 Å². The predicted octanol–water partition coefficient (Wildman–Crippen LogP) is 5.98. The van der Waals surface area contributed by atoms with Gasteiger partial charge >= 0.3 is 0 Å². The third kappa shape index (κ3) is 5.67. The van der Waals surface area contributed by atoms with Crippen LogP contribution >= 0.6 is 0 Å². The maximum atomic E-state index is 13.7. The lowest BCUT2D eigenvalue weighted by atomic mass is 10.0. The SMILES string of the molecule is CC(C)C[C@H](NC(=O)c1ccc2ccccc2c1)C(=O)N[N+]1(Cc2cccc3ccccc23)CCCC1. The zero-order valence-electron chi connectivity index (χ0n) is 21.7. The van der Waals surface area contributed by atoms with E-state index in [2.05, 4.69) is 67.1 Å². The highest BCUT2D eigenvalue weighted by atomic mass is 16.2. The maximum Gasteiger partial charge on any atom is 0.287 e. The van der Waals surface area contributed by atoms with Crippen molar-refractivity contribution in [2.45, 2.75) is 45.7 Å². The molecule has 2 amide bonds. The van der Waals surface area contributed by atoms with Crippen LogP contribution < -0.4 is 10.7 Å². The van der Waals surface area contributed by atoms with Crippen LogP contribution in [0, 0.1) is 5.92 Å². The van der Waals surface area contributed by atoms with Crippen molar-refractivity contribution in [3.63, 3.8) is 0 Å². The van der Waals surface area contributed by atoms with Gasteiger partial charge in [0.25, 0.3) is 11.8 Å². The average Bonchev–Trinajstić information content (AvgIpc) is 3.35. The first-order valence-corrected chi connectivity index (χ1v) is 13.4. The van der Waals surface area contributed by atoms with Gasteiger partial charge in [-0.1, -0.05) is 86.6 Å². The van der Waals surface area contributed by atoms with Gasteiger partial charge in [0.15, 0.2) is 0 Å². The highest BCUT2D eigenvalue weighted by Crippen LogP contribution is 2.26. The Morgan fingerprint density at radius 3 is 2.24 bits per heavy atom. The van der Waals surface area contributed by atoms with Crippen molar-refractivity contribution in [3.05, 3.63) is 96.1 Å². The lowest BCUT2D eigenvalue weighted by molar-refractivity contribution is -0.963. The molecule has 0 spiro atoms. The Morgan fingerprint density at radius 1 is 0.811 bits per heavy atom. The number of hydrogen-bond donors (Lipinski definition) is 2. The smallest absolute Gasteiger partial charge is 0.287 e. The number of amides is 2. The van der Waals surface area contributed by atoms with E-state index in [1.807, 2.05) is 42.5 Å². The van der Waals surface area contributed by atoms with Crippen LogP contribution in [-0.4, -0.2) is 35.5 Å². The van der Waals surface area contributed by atoms with Crippen LogP contribution in [0.4, 0.5) is 0 Å². The third-order valence-electron chi connectivity index (χ3n) is 7.46. The highest BCUT2D eigenvalue weighted by Gasteiger charge is 2.37. The fourth-order valence-corrected chi connectivity index (χ4v) is 5.59. The lowest BCUT2D eigenvalue weighted by Crippen LogP contribution is -2.62. The molecule has 1 aliphatic heterocycles. The molecule has 4 aromatic rings. The van der Waals surface area contributed by atoms with E-state index in [0.29, 0.717) is 16.6 Å². The van der Waals surface area contributed by atoms with Gasteiger partial charge < -0.3 is 5.32 Å². The van der Waals surface area contributed by atoms with Crippen molar-refractivity contribution in [1.29, 1.82) is 0 Å². The first-order valence-electron chi connectivity index (χ1n) is 13.4. The Bertz CT molecular complexity index is 1420. The van der Waals surface area contributed by atoms with E-state index < -0.39 is 6.04 Å². The molecule has 37 heavy (non-hydrogen) atoms. The van der Waals surface area contributed by atoms with Crippen LogP contribution in [0.15, 0.2) is 84.9 Å².